The van der Waals surface area contributed by atoms with E-state index in [4.69, 9.17) is 0 Å². The lowest BCUT2D eigenvalue weighted by Gasteiger charge is -2.16. The SMILES string of the molecule is CCCNc1cncc(NC(C)Cc2ccccc2)c1. The van der Waals surface area contributed by atoms with E-state index in [9.17, 15) is 0 Å². The first-order valence-corrected chi connectivity index (χ1v) is 7.27. The predicted molar refractivity (Wildman–Crippen MR) is 86.2 cm³/mol. The zero-order valence-electron chi connectivity index (χ0n) is 12.3. The zero-order valence-corrected chi connectivity index (χ0v) is 12.3. The molecule has 2 aromatic rings. The van der Waals surface area contributed by atoms with E-state index in [1.54, 1.807) is 0 Å². The molecule has 106 valence electrons. The number of hydrogen-bond donors (Lipinski definition) is 2. The highest BCUT2D eigenvalue weighted by atomic mass is 14.9. The lowest BCUT2D eigenvalue weighted by Crippen LogP contribution is -2.18. The molecule has 0 saturated heterocycles. The molecule has 0 saturated carbocycles. The van der Waals surface area contributed by atoms with Gasteiger partial charge in [0.1, 0.15) is 0 Å². The molecule has 3 nitrogen and oxygen atoms in total. The summed E-state index contributed by atoms with van der Waals surface area (Å²) in [5.41, 5.74) is 3.49. The molecule has 1 heterocycles. The first-order valence-electron chi connectivity index (χ1n) is 7.27. The molecule has 0 radical (unpaired) electrons. The Morgan fingerprint density at radius 1 is 1.10 bits per heavy atom. The lowest BCUT2D eigenvalue weighted by molar-refractivity contribution is 0.789. The van der Waals surface area contributed by atoms with Crippen LogP contribution < -0.4 is 10.6 Å². The van der Waals surface area contributed by atoms with Crippen molar-refractivity contribution in [3.63, 3.8) is 0 Å². The van der Waals surface area contributed by atoms with Crippen molar-refractivity contribution in [2.75, 3.05) is 17.2 Å². The van der Waals surface area contributed by atoms with Gasteiger partial charge in [0.2, 0.25) is 0 Å². The first kappa shape index (κ1) is 14.4. The second kappa shape index (κ2) is 7.53. The summed E-state index contributed by atoms with van der Waals surface area (Å²) in [5.74, 6) is 0. The number of anilines is 2. The molecule has 0 fully saturated rings. The second-order valence-corrected chi connectivity index (χ2v) is 5.12. The van der Waals surface area contributed by atoms with Gasteiger partial charge in [0.05, 0.1) is 23.8 Å². The zero-order chi connectivity index (χ0) is 14.2. The highest BCUT2D eigenvalue weighted by molar-refractivity contribution is 5.54. The van der Waals surface area contributed by atoms with E-state index in [0.717, 1.165) is 30.8 Å². The van der Waals surface area contributed by atoms with Crippen LogP contribution in [0.3, 0.4) is 0 Å². The largest absolute Gasteiger partial charge is 0.384 e. The van der Waals surface area contributed by atoms with Gasteiger partial charge in [-0.1, -0.05) is 37.3 Å². The molecule has 1 unspecified atom stereocenters. The maximum atomic E-state index is 4.27. The quantitative estimate of drug-likeness (QED) is 0.799. The Balaban J connectivity index is 1.92. The van der Waals surface area contributed by atoms with Crippen molar-refractivity contribution in [1.82, 2.24) is 4.98 Å². The number of rotatable bonds is 7. The van der Waals surface area contributed by atoms with E-state index in [1.165, 1.54) is 5.56 Å². The van der Waals surface area contributed by atoms with E-state index in [0.29, 0.717) is 6.04 Å². The van der Waals surface area contributed by atoms with Gasteiger partial charge in [-0.25, -0.2) is 0 Å². The Labute approximate surface area is 121 Å². The van der Waals surface area contributed by atoms with Crippen LogP contribution in [0.5, 0.6) is 0 Å². The van der Waals surface area contributed by atoms with Crippen LogP contribution in [0.15, 0.2) is 48.8 Å². The fourth-order valence-corrected chi connectivity index (χ4v) is 2.19. The van der Waals surface area contributed by atoms with Gasteiger partial charge in [0, 0.05) is 12.6 Å². The lowest BCUT2D eigenvalue weighted by atomic mass is 10.1. The van der Waals surface area contributed by atoms with Gasteiger partial charge in [0.15, 0.2) is 0 Å². The third kappa shape index (κ3) is 4.57. The highest BCUT2D eigenvalue weighted by Gasteiger charge is 2.04. The van der Waals surface area contributed by atoms with E-state index in [-0.39, 0.29) is 0 Å². The summed E-state index contributed by atoms with van der Waals surface area (Å²) in [4.78, 5) is 4.27. The molecule has 1 aromatic heterocycles. The predicted octanol–water partition coefficient (Wildman–Crippen LogP) is 3.95. The third-order valence-electron chi connectivity index (χ3n) is 3.12. The van der Waals surface area contributed by atoms with Crippen molar-refractivity contribution in [3.8, 4) is 0 Å². The summed E-state index contributed by atoms with van der Waals surface area (Å²) >= 11 is 0. The average Bonchev–Trinajstić information content (AvgIpc) is 2.46. The Bertz CT molecular complexity index is 511. The maximum Gasteiger partial charge on any atom is 0.0549 e. The fraction of sp³-hybridized carbons (Fsp3) is 0.353. The number of benzene rings is 1. The normalized spacial score (nSPS) is 11.9. The Hall–Kier alpha value is -2.03. The molecular weight excluding hydrogens is 246 g/mol. The molecule has 0 amide bonds. The molecule has 0 bridgehead atoms. The van der Waals surface area contributed by atoms with E-state index < -0.39 is 0 Å². The van der Waals surface area contributed by atoms with Crippen molar-refractivity contribution in [1.29, 1.82) is 0 Å². The Morgan fingerprint density at radius 3 is 2.60 bits per heavy atom. The molecule has 0 aliphatic carbocycles. The van der Waals surface area contributed by atoms with E-state index >= 15 is 0 Å². The summed E-state index contributed by atoms with van der Waals surface area (Å²) in [6, 6.07) is 13.0. The van der Waals surface area contributed by atoms with Gasteiger partial charge in [-0.2, -0.15) is 0 Å². The van der Waals surface area contributed by atoms with Crippen LogP contribution in [0.4, 0.5) is 11.4 Å². The summed E-state index contributed by atoms with van der Waals surface area (Å²) in [5, 5.41) is 6.86. The minimum Gasteiger partial charge on any atom is -0.384 e. The topological polar surface area (TPSA) is 37.0 Å². The molecular formula is C17H23N3. The van der Waals surface area contributed by atoms with Crippen molar-refractivity contribution < 1.29 is 0 Å². The summed E-state index contributed by atoms with van der Waals surface area (Å²) in [6.45, 7) is 5.33. The molecule has 1 aromatic carbocycles. The number of nitrogens with one attached hydrogen (secondary N) is 2. The molecule has 2 rings (SSSR count). The monoisotopic (exact) mass is 269 g/mol. The van der Waals surface area contributed by atoms with Gasteiger partial charge in [-0.05, 0) is 31.4 Å². The van der Waals surface area contributed by atoms with Crippen molar-refractivity contribution in [2.45, 2.75) is 32.7 Å². The van der Waals surface area contributed by atoms with Crippen LogP contribution in [-0.2, 0) is 6.42 Å². The van der Waals surface area contributed by atoms with Gasteiger partial charge in [0.25, 0.3) is 0 Å². The number of pyridine rings is 1. The molecule has 2 N–H and O–H groups in total. The minimum absolute atomic E-state index is 0.376. The van der Waals surface area contributed by atoms with Gasteiger partial charge < -0.3 is 10.6 Å². The van der Waals surface area contributed by atoms with Crippen LogP contribution >= 0.6 is 0 Å². The first-order chi connectivity index (χ1) is 9.78. The van der Waals surface area contributed by atoms with Crippen LogP contribution in [0, 0.1) is 0 Å². The summed E-state index contributed by atoms with van der Waals surface area (Å²) in [7, 11) is 0. The van der Waals surface area contributed by atoms with Crippen LogP contribution in [0.1, 0.15) is 25.8 Å². The highest BCUT2D eigenvalue weighted by Crippen LogP contribution is 2.15. The van der Waals surface area contributed by atoms with Gasteiger partial charge in [-0.3, -0.25) is 4.98 Å². The molecule has 0 spiro atoms. The maximum absolute atomic E-state index is 4.27. The van der Waals surface area contributed by atoms with Crippen molar-refractivity contribution in [2.24, 2.45) is 0 Å². The van der Waals surface area contributed by atoms with E-state index in [1.807, 2.05) is 18.5 Å². The number of aromatic nitrogens is 1. The molecule has 20 heavy (non-hydrogen) atoms. The van der Waals surface area contributed by atoms with Gasteiger partial charge >= 0.3 is 0 Å². The Kier molecular flexibility index (Phi) is 5.42. The molecule has 3 heteroatoms. The Morgan fingerprint density at radius 2 is 1.85 bits per heavy atom. The van der Waals surface area contributed by atoms with Crippen LogP contribution in [0.2, 0.25) is 0 Å². The standard InChI is InChI=1S/C17H23N3/c1-3-9-19-16-11-17(13-18-12-16)20-14(2)10-15-7-5-4-6-8-15/h4-8,11-14,19-20H,3,9-10H2,1-2H3. The summed E-state index contributed by atoms with van der Waals surface area (Å²) < 4.78 is 0. The molecule has 0 aliphatic rings. The smallest absolute Gasteiger partial charge is 0.0549 e. The molecule has 0 aliphatic heterocycles. The summed E-state index contributed by atoms with van der Waals surface area (Å²) in [6.07, 6.45) is 5.86. The molecule has 1 atom stereocenters. The second-order valence-electron chi connectivity index (χ2n) is 5.12. The average molecular weight is 269 g/mol. The fourth-order valence-electron chi connectivity index (χ4n) is 2.19. The van der Waals surface area contributed by atoms with E-state index in [2.05, 4.69) is 59.8 Å². The third-order valence-corrected chi connectivity index (χ3v) is 3.12. The number of hydrogen-bond acceptors (Lipinski definition) is 3. The van der Waals surface area contributed by atoms with Crippen LogP contribution in [-0.4, -0.2) is 17.6 Å². The number of nitrogens with zero attached hydrogens (tertiary/aromatic N) is 1. The van der Waals surface area contributed by atoms with Crippen LogP contribution in [0.25, 0.3) is 0 Å². The van der Waals surface area contributed by atoms with Gasteiger partial charge in [-0.15, -0.1) is 0 Å². The minimum atomic E-state index is 0.376. The van der Waals surface area contributed by atoms with Crippen molar-refractivity contribution >= 4 is 11.4 Å². The van der Waals surface area contributed by atoms with Crippen molar-refractivity contribution in [3.05, 3.63) is 54.4 Å².